The second kappa shape index (κ2) is 8.13. The Labute approximate surface area is 149 Å². The molecule has 0 aromatic rings. The summed E-state index contributed by atoms with van der Waals surface area (Å²) in [5, 5.41) is 0.457. The van der Waals surface area contributed by atoms with E-state index >= 15 is 0 Å². The predicted octanol–water partition coefficient (Wildman–Crippen LogP) is 3.56. The third-order valence-corrected chi connectivity index (χ3v) is 13.7. The largest absolute Gasteiger partial charge is 0.419 e. The Bertz CT molecular complexity index is 353. The maximum atomic E-state index is 6.01. The van der Waals surface area contributed by atoms with Crippen molar-refractivity contribution in [3.63, 3.8) is 0 Å². The smallest absolute Gasteiger partial charge is 0.162 e. The van der Waals surface area contributed by atoms with Gasteiger partial charge in [0.25, 0.3) is 0 Å². The Morgan fingerprint density at radius 2 is 1.52 bits per heavy atom. The molecule has 1 unspecified atom stereocenters. The summed E-state index contributed by atoms with van der Waals surface area (Å²) >= 11 is 0. The fraction of sp³-hybridized carbons (Fsp3) is 1.00. The summed E-state index contributed by atoms with van der Waals surface area (Å²) in [5.74, 6) is 0.781. The van der Waals surface area contributed by atoms with E-state index in [4.69, 9.17) is 4.43 Å². The standard InChI is InChI=1S/C18H42N2OSi2/c1-16(15-22-21-17(2,3)4)14-19-10-12-20(13-11-19)23(8,9)18(5,6)7/h16H,10-15,22H2,1-9H3. The highest BCUT2D eigenvalue weighted by Gasteiger charge is 2.41. The van der Waals surface area contributed by atoms with E-state index in [1.165, 1.54) is 38.8 Å². The topological polar surface area (TPSA) is 15.7 Å². The van der Waals surface area contributed by atoms with Gasteiger partial charge in [0.15, 0.2) is 9.76 Å². The Hall–Kier alpha value is 0.314. The van der Waals surface area contributed by atoms with Crippen LogP contribution in [0.3, 0.4) is 0 Å². The van der Waals surface area contributed by atoms with Gasteiger partial charge < -0.3 is 13.9 Å². The minimum atomic E-state index is -1.32. The fourth-order valence-corrected chi connectivity index (χ4v) is 6.64. The van der Waals surface area contributed by atoms with Gasteiger partial charge >= 0.3 is 0 Å². The van der Waals surface area contributed by atoms with Gasteiger partial charge in [0.05, 0.1) is 0 Å². The summed E-state index contributed by atoms with van der Waals surface area (Å²) in [6.45, 7) is 27.6. The molecule has 0 radical (unpaired) electrons. The summed E-state index contributed by atoms with van der Waals surface area (Å²) in [5.41, 5.74) is 0.0563. The van der Waals surface area contributed by atoms with Gasteiger partial charge in [0.1, 0.15) is 8.24 Å². The summed E-state index contributed by atoms with van der Waals surface area (Å²) in [6.07, 6.45) is 0. The summed E-state index contributed by atoms with van der Waals surface area (Å²) < 4.78 is 8.83. The van der Waals surface area contributed by atoms with Crippen molar-refractivity contribution >= 4 is 18.0 Å². The highest BCUT2D eigenvalue weighted by Crippen LogP contribution is 2.38. The molecular weight excluding hydrogens is 316 g/mol. The summed E-state index contributed by atoms with van der Waals surface area (Å²) in [7, 11) is -1.69. The van der Waals surface area contributed by atoms with Gasteiger partial charge in [0.2, 0.25) is 0 Å². The lowest BCUT2D eigenvalue weighted by Gasteiger charge is -2.49. The molecule has 0 N–H and O–H groups in total. The highest BCUT2D eigenvalue weighted by atomic mass is 28.3. The zero-order valence-corrected chi connectivity index (χ0v) is 19.7. The molecule has 0 amide bonds. The first-order chi connectivity index (χ1) is 10.3. The third kappa shape index (κ3) is 6.98. The molecule has 1 fully saturated rings. The molecule has 138 valence electrons. The van der Waals surface area contributed by atoms with Crippen molar-refractivity contribution in [1.82, 2.24) is 9.47 Å². The number of hydrogen-bond donors (Lipinski definition) is 0. The van der Waals surface area contributed by atoms with Gasteiger partial charge in [-0.1, -0.05) is 40.8 Å². The molecule has 5 heteroatoms. The lowest BCUT2D eigenvalue weighted by Crippen LogP contribution is -2.61. The summed E-state index contributed by atoms with van der Waals surface area (Å²) in [6, 6.07) is 1.31. The van der Waals surface area contributed by atoms with Crippen LogP contribution in [0.1, 0.15) is 48.5 Å². The van der Waals surface area contributed by atoms with Crippen molar-refractivity contribution in [2.24, 2.45) is 5.92 Å². The van der Waals surface area contributed by atoms with Crippen LogP contribution in [-0.4, -0.2) is 65.8 Å². The van der Waals surface area contributed by atoms with Crippen molar-refractivity contribution in [2.75, 3.05) is 32.7 Å². The average Bonchev–Trinajstić information content (AvgIpc) is 2.36. The monoisotopic (exact) mass is 358 g/mol. The molecule has 0 spiro atoms. The van der Waals surface area contributed by atoms with E-state index in [-0.39, 0.29) is 15.4 Å². The molecule has 3 nitrogen and oxygen atoms in total. The van der Waals surface area contributed by atoms with Gasteiger partial charge in [-0.2, -0.15) is 0 Å². The van der Waals surface area contributed by atoms with Crippen LogP contribution in [0.5, 0.6) is 0 Å². The SMILES string of the molecule is CC(C[SiH2]OC(C)(C)C)CN1CCN([Si](C)(C)C(C)(C)C)CC1. The van der Waals surface area contributed by atoms with Gasteiger partial charge in [-0.15, -0.1) is 0 Å². The first-order valence-corrected chi connectivity index (χ1v) is 14.0. The van der Waals surface area contributed by atoms with Crippen molar-refractivity contribution in [2.45, 2.75) is 78.2 Å². The van der Waals surface area contributed by atoms with Crippen LogP contribution in [-0.2, 0) is 4.43 Å². The molecule has 0 aromatic carbocycles. The molecule has 1 aliphatic rings. The maximum Gasteiger partial charge on any atom is 0.162 e. The average molecular weight is 359 g/mol. The molecular formula is C18H42N2OSi2. The van der Waals surface area contributed by atoms with Crippen LogP contribution in [0.25, 0.3) is 0 Å². The van der Waals surface area contributed by atoms with E-state index in [0.29, 0.717) is 5.04 Å². The number of piperazine rings is 1. The lowest BCUT2D eigenvalue weighted by molar-refractivity contribution is 0.133. The van der Waals surface area contributed by atoms with Gasteiger partial charge in [-0.25, -0.2) is 0 Å². The normalized spacial score (nSPS) is 21.3. The maximum absolute atomic E-state index is 6.01. The van der Waals surface area contributed by atoms with Crippen LogP contribution in [0, 0.1) is 5.92 Å². The molecule has 0 bridgehead atoms. The van der Waals surface area contributed by atoms with Crippen molar-refractivity contribution in [1.29, 1.82) is 0 Å². The molecule has 0 aliphatic carbocycles. The molecule has 1 atom stereocenters. The predicted molar refractivity (Wildman–Crippen MR) is 109 cm³/mol. The lowest BCUT2D eigenvalue weighted by atomic mass is 10.2. The first kappa shape index (κ1) is 21.4. The Morgan fingerprint density at radius 1 is 1.00 bits per heavy atom. The van der Waals surface area contributed by atoms with E-state index < -0.39 is 8.24 Å². The van der Waals surface area contributed by atoms with Crippen LogP contribution in [0.4, 0.5) is 0 Å². The van der Waals surface area contributed by atoms with Crippen LogP contribution in [0.15, 0.2) is 0 Å². The minimum absolute atomic E-state index is 0.0563. The second-order valence-corrected chi connectivity index (χ2v) is 16.5. The van der Waals surface area contributed by atoms with Crippen LogP contribution >= 0.6 is 0 Å². The molecule has 1 heterocycles. The first-order valence-electron chi connectivity index (χ1n) is 9.44. The minimum Gasteiger partial charge on any atom is -0.419 e. The molecule has 0 saturated carbocycles. The molecule has 1 saturated heterocycles. The second-order valence-electron chi connectivity index (χ2n) is 9.95. The molecule has 0 aromatic heterocycles. The quantitative estimate of drug-likeness (QED) is 0.675. The highest BCUT2D eigenvalue weighted by molar-refractivity contribution is 6.77. The molecule has 1 rings (SSSR count). The Morgan fingerprint density at radius 3 is 1.96 bits per heavy atom. The van der Waals surface area contributed by atoms with Crippen molar-refractivity contribution in [3.05, 3.63) is 0 Å². The number of rotatable bonds is 6. The van der Waals surface area contributed by atoms with Crippen molar-refractivity contribution in [3.8, 4) is 0 Å². The molecule has 23 heavy (non-hydrogen) atoms. The number of hydrogen-bond acceptors (Lipinski definition) is 3. The molecule has 1 aliphatic heterocycles. The van der Waals surface area contributed by atoms with E-state index in [2.05, 4.69) is 71.0 Å². The van der Waals surface area contributed by atoms with Gasteiger partial charge in [0, 0.05) is 38.3 Å². The van der Waals surface area contributed by atoms with Gasteiger partial charge in [-0.3, -0.25) is 0 Å². The van der Waals surface area contributed by atoms with Crippen molar-refractivity contribution < 1.29 is 4.43 Å². The Balaban J connectivity index is 2.34. The zero-order chi connectivity index (χ0) is 17.9. The summed E-state index contributed by atoms with van der Waals surface area (Å²) in [4.78, 5) is 2.68. The number of nitrogens with zero attached hydrogens (tertiary/aromatic N) is 2. The van der Waals surface area contributed by atoms with Gasteiger partial charge in [-0.05, 0) is 37.8 Å². The van der Waals surface area contributed by atoms with Crippen LogP contribution < -0.4 is 0 Å². The van der Waals surface area contributed by atoms with E-state index in [0.717, 1.165) is 5.92 Å². The van der Waals surface area contributed by atoms with E-state index in [9.17, 15) is 0 Å². The third-order valence-electron chi connectivity index (χ3n) is 5.71. The van der Waals surface area contributed by atoms with Crippen LogP contribution in [0.2, 0.25) is 24.2 Å². The van der Waals surface area contributed by atoms with E-state index in [1.807, 2.05) is 0 Å². The van der Waals surface area contributed by atoms with E-state index in [1.54, 1.807) is 0 Å². The zero-order valence-electron chi connectivity index (χ0n) is 17.3. The Kier molecular flexibility index (Phi) is 7.55. The fourth-order valence-electron chi connectivity index (χ4n) is 3.06.